The van der Waals surface area contributed by atoms with E-state index in [-0.39, 0.29) is 19.3 Å². The Labute approximate surface area is 108 Å². The number of halogens is 3. The van der Waals surface area contributed by atoms with E-state index in [1.165, 1.54) is 6.20 Å². The van der Waals surface area contributed by atoms with Crippen molar-refractivity contribution >= 4 is 0 Å². The summed E-state index contributed by atoms with van der Waals surface area (Å²) in [6.45, 7) is 3.25. The summed E-state index contributed by atoms with van der Waals surface area (Å²) in [5.41, 5.74) is -2.41. The number of ether oxygens (including phenoxy) is 1. The fourth-order valence-electron chi connectivity index (χ4n) is 1.48. The summed E-state index contributed by atoms with van der Waals surface area (Å²) < 4.78 is 43.5. The monoisotopic (exact) mass is 279 g/mol. The summed E-state index contributed by atoms with van der Waals surface area (Å²) in [6, 6.07) is 1.84. The van der Waals surface area contributed by atoms with Crippen LogP contribution in [0.4, 0.5) is 13.2 Å². The smallest absolute Gasteiger partial charge is 0.389 e. The first-order valence-corrected chi connectivity index (χ1v) is 5.78. The van der Waals surface area contributed by atoms with E-state index in [2.05, 4.69) is 0 Å². The molecule has 1 rings (SSSR count). The number of aliphatic hydroxyl groups is 1. The van der Waals surface area contributed by atoms with Crippen LogP contribution in [0.2, 0.25) is 0 Å². The van der Waals surface area contributed by atoms with Crippen molar-refractivity contribution in [2.75, 3.05) is 6.61 Å². The standard InChI is InChI=1S/C12H16F3NO3/c1-8(2)19-7-9(17)6-16-5-3-4-10(11(16)18)12(13,14)15/h3-5,8-9,17H,6-7H2,1-2H3/t9-/m1/s1. The Hall–Kier alpha value is -1.34. The minimum absolute atomic E-state index is 0.0413. The summed E-state index contributed by atoms with van der Waals surface area (Å²) in [7, 11) is 0. The molecule has 0 aliphatic carbocycles. The minimum atomic E-state index is -4.69. The predicted octanol–water partition coefficient (Wildman–Crippen LogP) is 1.65. The molecule has 0 saturated carbocycles. The lowest BCUT2D eigenvalue weighted by atomic mass is 10.2. The Morgan fingerprint density at radius 3 is 2.58 bits per heavy atom. The lowest BCUT2D eigenvalue weighted by molar-refractivity contribution is -0.139. The van der Waals surface area contributed by atoms with Crippen LogP contribution >= 0.6 is 0 Å². The molecular formula is C12H16F3NO3. The van der Waals surface area contributed by atoms with Crippen molar-refractivity contribution in [3.8, 4) is 0 Å². The molecule has 0 spiro atoms. The minimum Gasteiger partial charge on any atom is -0.389 e. The highest BCUT2D eigenvalue weighted by atomic mass is 19.4. The second kappa shape index (κ2) is 6.21. The van der Waals surface area contributed by atoms with Gasteiger partial charge in [0.05, 0.1) is 25.4 Å². The summed E-state index contributed by atoms with van der Waals surface area (Å²) in [6.07, 6.45) is -4.63. The van der Waals surface area contributed by atoms with E-state index in [0.29, 0.717) is 0 Å². The second-order valence-electron chi connectivity index (χ2n) is 4.41. The zero-order chi connectivity index (χ0) is 14.6. The van der Waals surface area contributed by atoms with Crippen LogP contribution in [0.5, 0.6) is 0 Å². The number of hydrogen-bond acceptors (Lipinski definition) is 3. The average molecular weight is 279 g/mol. The highest BCUT2D eigenvalue weighted by Gasteiger charge is 2.34. The molecule has 1 aromatic rings. The van der Waals surface area contributed by atoms with E-state index in [4.69, 9.17) is 4.74 Å². The molecule has 7 heteroatoms. The van der Waals surface area contributed by atoms with Gasteiger partial charge >= 0.3 is 6.18 Å². The topological polar surface area (TPSA) is 51.5 Å². The Morgan fingerprint density at radius 1 is 1.42 bits per heavy atom. The fraction of sp³-hybridized carbons (Fsp3) is 0.583. The third-order valence-electron chi connectivity index (χ3n) is 2.35. The molecule has 0 unspecified atom stereocenters. The molecule has 0 aliphatic rings. The summed E-state index contributed by atoms with van der Waals surface area (Å²) in [5.74, 6) is 0. The molecule has 0 aromatic carbocycles. The fourth-order valence-corrected chi connectivity index (χ4v) is 1.48. The Morgan fingerprint density at radius 2 is 2.05 bits per heavy atom. The molecule has 1 heterocycles. The van der Waals surface area contributed by atoms with Crippen LogP contribution in [0, 0.1) is 0 Å². The van der Waals surface area contributed by atoms with E-state index < -0.39 is 23.4 Å². The van der Waals surface area contributed by atoms with Gasteiger partial charge in [0.25, 0.3) is 5.56 Å². The molecule has 1 N–H and O–H groups in total. The Balaban J connectivity index is 2.83. The van der Waals surface area contributed by atoms with Crippen molar-refractivity contribution in [3.63, 3.8) is 0 Å². The second-order valence-corrected chi connectivity index (χ2v) is 4.41. The largest absolute Gasteiger partial charge is 0.421 e. The van der Waals surface area contributed by atoms with Crippen molar-refractivity contribution in [2.45, 2.75) is 38.8 Å². The van der Waals surface area contributed by atoms with Crippen LogP contribution in [0.15, 0.2) is 23.1 Å². The zero-order valence-corrected chi connectivity index (χ0v) is 10.6. The molecule has 0 amide bonds. The van der Waals surface area contributed by atoms with E-state index in [1.54, 1.807) is 13.8 Å². The summed E-state index contributed by atoms with van der Waals surface area (Å²) >= 11 is 0. The van der Waals surface area contributed by atoms with Gasteiger partial charge in [-0.3, -0.25) is 4.79 Å². The Bertz CT molecular complexity index is 468. The van der Waals surface area contributed by atoms with Crippen LogP contribution in [0.25, 0.3) is 0 Å². The summed E-state index contributed by atoms with van der Waals surface area (Å²) in [4.78, 5) is 11.6. The van der Waals surface area contributed by atoms with Crippen molar-refractivity contribution in [3.05, 3.63) is 34.2 Å². The predicted molar refractivity (Wildman–Crippen MR) is 62.8 cm³/mol. The molecule has 0 aliphatic heterocycles. The van der Waals surface area contributed by atoms with Crippen LogP contribution in [-0.4, -0.2) is 28.5 Å². The maximum atomic E-state index is 12.5. The van der Waals surface area contributed by atoms with Gasteiger partial charge in [0.1, 0.15) is 5.56 Å². The SMILES string of the molecule is CC(C)OC[C@H](O)Cn1cccc(C(F)(F)F)c1=O. The molecule has 0 radical (unpaired) electrons. The molecule has 0 fully saturated rings. The van der Waals surface area contributed by atoms with Crippen molar-refractivity contribution in [1.29, 1.82) is 0 Å². The van der Waals surface area contributed by atoms with E-state index in [1.807, 2.05) is 0 Å². The van der Waals surface area contributed by atoms with Gasteiger partial charge in [0.15, 0.2) is 0 Å². The lowest BCUT2D eigenvalue weighted by Gasteiger charge is -2.16. The lowest BCUT2D eigenvalue weighted by Crippen LogP contribution is -2.33. The molecule has 0 bridgehead atoms. The number of pyridine rings is 1. The molecular weight excluding hydrogens is 263 g/mol. The average Bonchev–Trinajstić information content (AvgIpc) is 2.27. The number of alkyl halides is 3. The van der Waals surface area contributed by atoms with Crippen LogP contribution in [-0.2, 0) is 17.5 Å². The first-order valence-electron chi connectivity index (χ1n) is 5.78. The third-order valence-corrected chi connectivity index (χ3v) is 2.35. The molecule has 1 atom stereocenters. The molecule has 1 aromatic heterocycles. The van der Waals surface area contributed by atoms with Gasteiger partial charge in [0.2, 0.25) is 0 Å². The maximum absolute atomic E-state index is 12.5. The van der Waals surface area contributed by atoms with Gasteiger partial charge in [-0.05, 0) is 26.0 Å². The van der Waals surface area contributed by atoms with Crippen LogP contribution in [0.1, 0.15) is 19.4 Å². The van der Waals surface area contributed by atoms with Crippen LogP contribution in [0.3, 0.4) is 0 Å². The zero-order valence-electron chi connectivity index (χ0n) is 10.6. The first-order chi connectivity index (χ1) is 8.71. The van der Waals surface area contributed by atoms with Gasteiger partial charge in [-0.2, -0.15) is 13.2 Å². The van der Waals surface area contributed by atoms with Crippen LogP contribution < -0.4 is 5.56 Å². The van der Waals surface area contributed by atoms with E-state index in [9.17, 15) is 23.1 Å². The number of aromatic nitrogens is 1. The number of hydrogen-bond donors (Lipinski definition) is 1. The molecule has 4 nitrogen and oxygen atoms in total. The van der Waals surface area contributed by atoms with Gasteiger partial charge in [-0.25, -0.2) is 0 Å². The highest BCUT2D eigenvalue weighted by molar-refractivity contribution is 5.14. The molecule has 108 valence electrons. The summed E-state index contributed by atoms with van der Waals surface area (Å²) in [5, 5.41) is 9.60. The van der Waals surface area contributed by atoms with Gasteiger partial charge in [-0.15, -0.1) is 0 Å². The van der Waals surface area contributed by atoms with E-state index in [0.717, 1.165) is 16.7 Å². The maximum Gasteiger partial charge on any atom is 0.421 e. The van der Waals surface area contributed by atoms with Crippen molar-refractivity contribution in [1.82, 2.24) is 4.57 Å². The van der Waals surface area contributed by atoms with Gasteiger partial charge < -0.3 is 14.4 Å². The quantitative estimate of drug-likeness (QED) is 0.891. The van der Waals surface area contributed by atoms with Gasteiger partial charge in [0, 0.05) is 6.20 Å². The normalized spacial score (nSPS) is 13.8. The van der Waals surface area contributed by atoms with E-state index >= 15 is 0 Å². The Kier molecular flexibility index (Phi) is 5.13. The van der Waals surface area contributed by atoms with Gasteiger partial charge in [-0.1, -0.05) is 0 Å². The first kappa shape index (κ1) is 15.7. The highest BCUT2D eigenvalue weighted by Crippen LogP contribution is 2.25. The van der Waals surface area contributed by atoms with Crippen molar-refractivity contribution < 1.29 is 23.0 Å². The van der Waals surface area contributed by atoms with Crippen molar-refractivity contribution in [2.24, 2.45) is 0 Å². The number of rotatable bonds is 5. The molecule has 0 saturated heterocycles. The third kappa shape index (κ3) is 4.68. The number of aliphatic hydroxyl groups excluding tert-OH is 1. The molecule has 19 heavy (non-hydrogen) atoms. The number of nitrogens with zero attached hydrogens (tertiary/aromatic N) is 1.